The van der Waals surface area contributed by atoms with Gasteiger partial charge in [0.25, 0.3) is 0 Å². The lowest BCUT2D eigenvalue weighted by Gasteiger charge is -2.23. The third-order valence-electron chi connectivity index (χ3n) is 2.92. The van der Waals surface area contributed by atoms with E-state index in [4.69, 9.17) is 4.74 Å². The zero-order valence-electron chi connectivity index (χ0n) is 9.44. The molecule has 1 fully saturated rings. The summed E-state index contributed by atoms with van der Waals surface area (Å²) in [5, 5.41) is 5.10. The SMILES string of the molecule is C[C@@H](NC(=O)C1CCOCC1)c1cccs1. The molecule has 16 heavy (non-hydrogen) atoms. The standard InChI is InChI=1S/C12H17NO2S/c1-9(11-3-2-8-16-11)13-12(14)10-4-6-15-7-5-10/h2-3,8-10H,4-7H2,1H3,(H,13,14)/t9-/m1/s1. The van der Waals surface area contributed by atoms with Crippen molar-refractivity contribution in [3.63, 3.8) is 0 Å². The second-order valence-electron chi connectivity index (χ2n) is 4.13. The molecule has 0 aromatic carbocycles. The Hall–Kier alpha value is -0.870. The number of carbonyl (C=O) groups is 1. The smallest absolute Gasteiger partial charge is 0.223 e. The lowest BCUT2D eigenvalue weighted by atomic mass is 9.99. The molecule has 0 spiro atoms. The normalized spacial score (nSPS) is 19.3. The second-order valence-corrected chi connectivity index (χ2v) is 5.11. The van der Waals surface area contributed by atoms with Gasteiger partial charge in [-0.15, -0.1) is 11.3 Å². The topological polar surface area (TPSA) is 38.3 Å². The van der Waals surface area contributed by atoms with E-state index in [1.165, 1.54) is 4.88 Å². The minimum absolute atomic E-state index is 0.121. The summed E-state index contributed by atoms with van der Waals surface area (Å²) in [7, 11) is 0. The van der Waals surface area contributed by atoms with Crippen LogP contribution in [0, 0.1) is 5.92 Å². The Morgan fingerprint density at radius 1 is 1.56 bits per heavy atom. The van der Waals surface area contributed by atoms with Crippen molar-refractivity contribution >= 4 is 17.2 Å². The summed E-state index contributed by atoms with van der Waals surface area (Å²) >= 11 is 1.68. The van der Waals surface area contributed by atoms with Crippen LogP contribution in [0.4, 0.5) is 0 Å². The highest BCUT2D eigenvalue weighted by Crippen LogP contribution is 2.20. The fraction of sp³-hybridized carbons (Fsp3) is 0.583. The first-order chi connectivity index (χ1) is 7.77. The van der Waals surface area contributed by atoms with Crippen LogP contribution in [0.1, 0.15) is 30.7 Å². The number of amides is 1. The van der Waals surface area contributed by atoms with Crippen molar-refractivity contribution in [2.75, 3.05) is 13.2 Å². The summed E-state index contributed by atoms with van der Waals surface area (Å²) in [6.07, 6.45) is 1.70. The van der Waals surface area contributed by atoms with Crippen molar-refractivity contribution in [3.05, 3.63) is 22.4 Å². The Bertz CT molecular complexity index is 331. The molecule has 0 aliphatic carbocycles. The average molecular weight is 239 g/mol. The quantitative estimate of drug-likeness (QED) is 0.879. The Morgan fingerprint density at radius 3 is 2.94 bits per heavy atom. The summed E-state index contributed by atoms with van der Waals surface area (Å²) in [5.41, 5.74) is 0. The molecule has 1 N–H and O–H groups in total. The van der Waals surface area contributed by atoms with Crippen LogP contribution in [-0.2, 0) is 9.53 Å². The number of rotatable bonds is 3. The molecule has 1 aromatic heterocycles. The molecular weight excluding hydrogens is 222 g/mol. The van der Waals surface area contributed by atoms with E-state index in [9.17, 15) is 4.79 Å². The summed E-state index contributed by atoms with van der Waals surface area (Å²) < 4.78 is 5.25. The molecule has 1 aromatic rings. The monoisotopic (exact) mass is 239 g/mol. The molecule has 2 rings (SSSR count). The first-order valence-electron chi connectivity index (χ1n) is 5.69. The molecule has 3 nitrogen and oxygen atoms in total. The maximum absolute atomic E-state index is 11.9. The highest BCUT2D eigenvalue weighted by molar-refractivity contribution is 7.10. The predicted octanol–water partition coefficient (Wildman–Crippen LogP) is 2.35. The third kappa shape index (κ3) is 2.83. The lowest BCUT2D eigenvalue weighted by molar-refractivity contribution is -0.128. The van der Waals surface area contributed by atoms with Gasteiger partial charge in [0.05, 0.1) is 6.04 Å². The van der Waals surface area contributed by atoms with Gasteiger partial charge in [-0.25, -0.2) is 0 Å². The summed E-state index contributed by atoms with van der Waals surface area (Å²) in [6.45, 7) is 3.46. The maximum atomic E-state index is 11.9. The molecule has 4 heteroatoms. The fourth-order valence-corrected chi connectivity index (χ4v) is 2.63. The van der Waals surface area contributed by atoms with Crippen molar-refractivity contribution in [1.29, 1.82) is 0 Å². The highest BCUT2D eigenvalue weighted by Gasteiger charge is 2.22. The summed E-state index contributed by atoms with van der Waals surface area (Å²) in [4.78, 5) is 13.2. The molecule has 1 aliphatic heterocycles. The van der Waals surface area contributed by atoms with E-state index in [0.29, 0.717) is 13.2 Å². The van der Waals surface area contributed by atoms with E-state index in [1.54, 1.807) is 11.3 Å². The van der Waals surface area contributed by atoms with E-state index >= 15 is 0 Å². The van der Waals surface area contributed by atoms with Crippen LogP contribution >= 0.6 is 11.3 Å². The molecule has 0 saturated carbocycles. The van der Waals surface area contributed by atoms with Gasteiger partial charge in [0.2, 0.25) is 5.91 Å². The molecule has 1 aliphatic rings. The van der Waals surface area contributed by atoms with Crippen molar-refractivity contribution < 1.29 is 9.53 Å². The van der Waals surface area contributed by atoms with Gasteiger partial charge in [-0.2, -0.15) is 0 Å². The zero-order chi connectivity index (χ0) is 11.4. The van der Waals surface area contributed by atoms with E-state index < -0.39 is 0 Å². The number of thiophene rings is 1. The largest absolute Gasteiger partial charge is 0.381 e. The van der Waals surface area contributed by atoms with Gasteiger partial charge in [-0.1, -0.05) is 6.07 Å². The Kier molecular flexibility index (Phi) is 3.96. The number of nitrogens with one attached hydrogen (secondary N) is 1. The summed E-state index contributed by atoms with van der Waals surface area (Å²) in [6, 6.07) is 4.19. The minimum Gasteiger partial charge on any atom is -0.381 e. The molecule has 1 saturated heterocycles. The van der Waals surface area contributed by atoms with E-state index in [2.05, 4.69) is 11.4 Å². The van der Waals surface area contributed by atoms with Crippen LogP contribution < -0.4 is 5.32 Å². The fourth-order valence-electron chi connectivity index (χ4n) is 1.90. The van der Waals surface area contributed by atoms with Crippen molar-refractivity contribution in [3.8, 4) is 0 Å². The number of carbonyl (C=O) groups excluding carboxylic acids is 1. The number of hydrogen-bond donors (Lipinski definition) is 1. The van der Waals surface area contributed by atoms with Crippen LogP contribution in [0.5, 0.6) is 0 Å². The Labute approximate surface area is 99.8 Å². The number of ether oxygens (including phenoxy) is 1. The second kappa shape index (κ2) is 5.46. The van der Waals surface area contributed by atoms with Crippen LogP contribution in [-0.4, -0.2) is 19.1 Å². The third-order valence-corrected chi connectivity index (χ3v) is 3.98. The van der Waals surface area contributed by atoms with Gasteiger partial charge in [-0.3, -0.25) is 4.79 Å². The Morgan fingerprint density at radius 2 is 2.31 bits per heavy atom. The van der Waals surface area contributed by atoms with Crippen molar-refractivity contribution in [2.45, 2.75) is 25.8 Å². The van der Waals surface area contributed by atoms with Gasteiger partial charge in [0, 0.05) is 24.0 Å². The van der Waals surface area contributed by atoms with Gasteiger partial charge >= 0.3 is 0 Å². The minimum atomic E-state index is 0.121. The lowest BCUT2D eigenvalue weighted by Crippen LogP contribution is -2.35. The van der Waals surface area contributed by atoms with Crippen molar-refractivity contribution in [1.82, 2.24) is 5.32 Å². The van der Waals surface area contributed by atoms with E-state index in [0.717, 1.165) is 12.8 Å². The highest BCUT2D eigenvalue weighted by atomic mass is 32.1. The van der Waals surface area contributed by atoms with Crippen LogP contribution in [0.3, 0.4) is 0 Å². The first kappa shape index (κ1) is 11.6. The molecule has 0 unspecified atom stereocenters. The average Bonchev–Trinajstić information content (AvgIpc) is 2.83. The summed E-state index contributed by atoms with van der Waals surface area (Å²) in [5.74, 6) is 0.306. The van der Waals surface area contributed by atoms with E-state index in [1.807, 2.05) is 18.4 Å². The van der Waals surface area contributed by atoms with Gasteiger partial charge in [0.15, 0.2) is 0 Å². The predicted molar refractivity (Wildman–Crippen MR) is 64.4 cm³/mol. The van der Waals surface area contributed by atoms with Crippen molar-refractivity contribution in [2.24, 2.45) is 5.92 Å². The molecule has 0 bridgehead atoms. The molecular formula is C12H17NO2S. The molecule has 1 amide bonds. The Balaban J connectivity index is 1.86. The van der Waals surface area contributed by atoms with E-state index in [-0.39, 0.29) is 17.9 Å². The number of hydrogen-bond acceptors (Lipinski definition) is 3. The van der Waals surface area contributed by atoms with Gasteiger partial charge < -0.3 is 10.1 Å². The molecule has 88 valence electrons. The van der Waals surface area contributed by atoms with Crippen LogP contribution in [0.15, 0.2) is 17.5 Å². The van der Waals surface area contributed by atoms with Gasteiger partial charge in [-0.05, 0) is 31.2 Å². The maximum Gasteiger partial charge on any atom is 0.223 e. The molecule has 1 atom stereocenters. The first-order valence-corrected chi connectivity index (χ1v) is 6.57. The molecule has 0 radical (unpaired) electrons. The van der Waals surface area contributed by atoms with Crippen LogP contribution in [0.25, 0.3) is 0 Å². The molecule has 2 heterocycles. The van der Waals surface area contributed by atoms with Crippen LogP contribution in [0.2, 0.25) is 0 Å². The van der Waals surface area contributed by atoms with Gasteiger partial charge in [0.1, 0.15) is 0 Å². The zero-order valence-corrected chi connectivity index (χ0v) is 10.3.